The Balaban J connectivity index is 0. The molecule has 0 atom stereocenters. The molecule has 1 aromatic rings. The Morgan fingerprint density at radius 3 is 1.64 bits per heavy atom. The Morgan fingerprint density at radius 2 is 1.41 bits per heavy atom. The van der Waals surface area contributed by atoms with E-state index >= 15 is 0 Å². The number of hydrogen-bond acceptors (Lipinski definition) is 0. The van der Waals surface area contributed by atoms with Gasteiger partial charge < -0.3 is 0 Å². The fourth-order valence-corrected chi connectivity index (χ4v) is 1.81. The van der Waals surface area contributed by atoms with Crippen molar-refractivity contribution in [3.63, 3.8) is 0 Å². The third-order valence-corrected chi connectivity index (χ3v) is 3.23. The van der Waals surface area contributed by atoms with Gasteiger partial charge in [0.2, 0.25) is 0 Å². The summed E-state index contributed by atoms with van der Waals surface area (Å²) in [7, 11) is 0. The molecule has 0 amide bonds. The summed E-state index contributed by atoms with van der Waals surface area (Å²) in [4.78, 5) is 0. The topological polar surface area (TPSA) is 0 Å². The molecule has 0 nitrogen and oxygen atoms in total. The van der Waals surface area contributed by atoms with E-state index in [1.54, 1.807) is 0 Å². The van der Waals surface area contributed by atoms with Gasteiger partial charge in [-0.25, -0.2) is 0 Å². The van der Waals surface area contributed by atoms with Crippen LogP contribution in [0, 0.1) is 19.8 Å². The lowest BCUT2D eigenvalue weighted by molar-refractivity contribution is 1.02. The second-order valence-electron chi connectivity index (χ2n) is 5.00. The van der Waals surface area contributed by atoms with Gasteiger partial charge >= 0.3 is 0 Å². The number of hydrogen-bond donors (Lipinski definition) is 0. The molecular formula is C22H36. The van der Waals surface area contributed by atoms with Crippen LogP contribution in [0.4, 0.5) is 0 Å². The number of benzene rings is 1. The molecule has 22 heavy (non-hydrogen) atoms. The van der Waals surface area contributed by atoms with Crippen molar-refractivity contribution >= 4 is 0 Å². The lowest BCUT2D eigenvalue weighted by Gasteiger charge is -2.01. The predicted octanol–water partition coefficient (Wildman–Crippen LogP) is 7.44. The first kappa shape index (κ1) is 22.7. The smallest absolute Gasteiger partial charge is 0.0159 e. The van der Waals surface area contributed by atoms with Crippen molar-refractivity contribution in [1.29, 1.82) is 0 Å². The van der Waals surface area contributed by atoms with Gasteiger partial charge in [0.15, 0.2) is 0 Å². The average Bonchev–Trinajstić information content (AvgIpc) is 3.37. The van der Waals surface area contributed by atoms with E-state index in [0.29, 0.717) is 0 Å². The summed E-state index contributed by atoms with van der Waals surface area (Å²) in [5, 5.41) is 0. The van der Waals surface area contributed by atoms with Crippen LogP contribution in [-0.2, 0) is 0 Å². The summed E-state index contributed by atoms with van der Waals surface area (Å²) in [5.41, 5.74) is 5.33. The molecule has 1 aliphatic rings. The Kier molecular flexibility index (Phi) is 14.8. The minimum atomic E-state index is 0.801. The molecule has 0 spiro atoms. The standard InChI is InChI=1S/C10H14.C8H10.2C2H6/c1-4-5-10(8(2)3)9-6-7-9;1-7-5-3-4-6-8(7)2;2*1-2/h4-5,9H,1-2,6-7H2,3H3;3-6H,1-2H3;2*1-2H3/b10-5+;;;. The molecule has 0 saturated heterocycles. The molecule has 124 valence electrons. The van der Waals surface area contributed by atoms with E-state index in [-0.39, 0.29) is 0 Å². The normalized spacial score (nSPS) is 12.4. The zero-order chi connectivity index (χ0) is 17.5. The maximum Gasteiger partial charge on any atom is -0.0159 e. The predicted molar refractivity (Wildman–Crippen MR) is 104 cm³/mol. The van der Waals surface area contributed by atoms with Crippen LogP contribution in [0.1, 0.15) is 58.6 Å². The lowest BCUT2D eigenvalue weighted by atomic mass is 10.0. The number of aryl methyl sites for hydroxylation is 2. The highest BCUT2D eigenvalue weighted by Crippen LogP contribution is 2.39. The summed E-state index contributed by atoms with van der Waals surface area (Å²) < 4.78 is 0. The van der Waals surface area contributed by atoms with Gasteiger partial charge in [-0.05, 0) is 56.2 Å². The highest BCUT2D eigenvalue weighted by molar-refractivity contribution is 5.34. The van der Waals surface area contributed by atoms with Crippen molar-refractivity contribution in [3.05, 3.63) is 71.8 Å². The van der Waals surface area contributed by atoms with E-state index in [1.807, 2.05) is 33.8 Å². The summed E-state index contributed by atoms with van der Waals surface area (Å²) in [6.45, 7) is 21.9. The fourth-order valence-electron chi connectivity index (χ4n) is 1.81. The average molecular weight is 301 g/mol. The molecule has 0 radical (unpaired) electrons. The van der Waals surface area contributed by atoms with Crippen LogP contribution < -0.4 is 0 Å². The largest absolute Gasteiger partial charge is 0.0991 e. The Morgan fingerprint density at radius 1 is 1.00 bits per heavy atom. The van der Waals surface area contributed by atoms with Crippen molar-refractivity contribution in [1.82, 2.24) is 0 Å². The van der Waals surface area contributed by atoms with Gasteiger partial charge in [0.25, 0.3) is 0 Å². The molecule has 0 aliphatic heterocycles. The summed E-state index contributed by atoms with van der Waals surface area (Å²) >= 11 is 0. The van der Waals surface area contributed by atoms with Crippen molar-refractivity contribution in [2.24, 2.45) is 5.92 Å². The zero-order valence-electron chi connectivity index (χ0n) is 15.9. The second kappa shape index (κ2) is 14.4. The van der Waals surface area contributed by atoms with Gasteiger partial charge in [0.05, 0.1) is 0 Å². The molecule has 0 heterocycles. The lowest BCUT2D eigenvalue weighted by Crippen LogP contribution is -1.84. The molecule has 1 fully saturated rings. The molecule has 0 heteroatoms. The monoisotopic (exact) mass is 300 g/mol. The maximum absolute atomic E-state index is 3.92. The molecule has 1 saturated carbocycles. The van der Waals surface area contributed by atoms with E-state index in [9.17, 15) is 0 Å². The van der Waals surface area contributed by atoms with Gasteiger partial charge in [-0.15, -0.1) is 0 Å². The van der Waals surface area contributed by atoms with Crippen LogP contribution in [0.5, 0.6) is 0 Å². The highest BCUT2D eigenvalue weighted by Gasteiger charge is 2.25. The van der Waals surface area contributed by atoms with Crippen molar-refractivity contribution < 1.29 is 0 Å². The van der Waals surface area contributed by atoms with Crippen molar-refractivity contribution in [2.75, 3.05) is 0 Å². The highest BCUT2D eigenvalue weighted by atomic mass is 14.3. The molecule has 1 aliphatic carbocycles. The van der Waals surface area contributed by atoms with Crippen molar-refractivity contribution in [3.8, 4) is 0 Å². The first-order chi connectivity index (χ1) is 10.6. The summed E-state index contributed by atoms with van der Waals surface area (Å²) in [6, 6.07) is 8.36. The Labute approximate surface area is 139 Å². The van der Waals surface area contributed by atoms with E-state index in [4.69, 9.17) is 0 Å². The Hall–Kier alpha value is -1.56. The van der Waals surface area contributed by atoms with Gasteiger partial charge in [-0.2, -0.15) is 0 Å². The minimum Gasteiger partial charge on any atom is -0.0991 e. The third-order valence-electron chi connectivity index (χ3n) is 3.23. The van der Waals surface area contributed by atoms with E-state index in [1.165, 1.54) is 35.1 Å². The number of rotatable bonds is 3. The minimum absolute atomic E-state index is 0.801. The second-order valence-corrected chi connectivity index (χ2v) is 5.00. The first-order valence-corrected chi connectivity index (χ1v) is 8.57. The van der Waals surface area contributed by atoms with Crippen LogP contribution in [0.2, 0.25) is 0 Å². The van der Waals surface area contributed by atoms with Gasteiger partial charge in [0, 0.05) is 0 Å². The Bertz CT molecular complexity index is 424. The van der Waals surface area contributed by atoms with Gasteiger partial charge in [0.1, 0.15) is 0 Å². The van der Waals surface area contributed by atoms with Crippen LogP contribution in [0.25, 0.3) is 0 Å². The quantitative estimate of drug-likeness (QED) is 0.509. The SMILES string of the molecule is C=C/C=C(\C(=C)C)C1CC1.CC.CC.Cc1ccccc1C. The maximum atomic E-state index is 3.92. The summed E-state index contributed by atoms with van der Waals surface area (Å²) in [6.07, 6.45) is 6.61. The molecule has 1 aromatic carbocycles. The number of allylic oxidation sites excluding steroid dienone is 4. The molecule has 0 bridgehead atoms. The summed E-state index contributed by atoms with van der Waals surface area (Å²) in [5.74, 6) is 0.801. The van der Waals surface area contributed by atoms with Crippen LogP contribution in [0.3, 0.4) is 0 Å². The van der Waals surface area contributed by atoms with Gasteiger partial charge in [-0.1, -0.05) is 82.8 Å². The fraction of sp³-hybridized carbons (Fsp3) is 0.455. The molecule has 0 aromatic heterocycles. The first-order valence-electron chi connectivity index (χ1n) is 8.57. The zero-order valence-corrected chi connectivity index (χ0v) is 15.9. The van der Waals surface area contributed by atoms with Gasteiger partial charge in [-0.3, -0.25) is 0 Å². The van der Waals surface area contributed by atoms with E-state index < -0.39 is 0 Å². The van der Waals surface area contributed by atoms with Crippen LogP contribution >= 0.6 is 0 Å². The molecule has 0 unspecified atom stereocenters. The molecular weight excluding hydrogens is 264 g/mol. The van der Waals surface area contributed by atoms with E-state index in [2.05, 4.69) is 64.3 Å². The molecule has 2 rings (SSSR count). The molecule has 0 N–H and O–H groups in total. The van der Waals surface area contributed by atoms with Crippen LogP contribution in [0.15, 0.2) is 60.7 Å². The third kappa shape index (κ3) is 10.2. The van der Waals surface area contributed by atoms with Crippen molar-refractivity contribution in [2.45, 2.75) is 61.3 Å². The van der Waals surface area contributed by atoms with E-state index in [0.717, 1.165) is 5.92 Å². The van der Waals surface area contributed by atoms with Crippen LogP contribution in [-0.4, -0.2) is 0 Å².